The highest BCUT2D eigenvalue weighted by molar-refractivity contribution is 9.10. The molecule has 0 bridgehead atoms. The summed E-state index contributed by atoms with van der Waals surface area (Å²) < 4.78 is 33.2. The number of sulfonamides is 1. The van der Waals surface area contributed by atoms with Crippen LogP contribution in [-0.2, 0) is 14.8 Å². The molecule has 0 N–H and O–H groups in total. The molecule has 0 radical (unpaired) electrons. The summed E-state index contributed by atoms with van der Waals surface area (Å²) in [6.45, 7) is 6.07. The maximum absolute atomic E-state index is 13.0. The van der Waals surface area contributed by atoms with E-state index >= 15 is 0 Å². The Bertz CT molecular complexity index is 697. The Kier molecular flexibility index (Phi) is 7.19. The molecule has 0 saturated carbocycles. The zero-order valence-corrected chi connectivity index (χ0v) is 16.1. The molecule has 0 aromatic heterocycles. The van der Waals surface area contributed by atoms with Crippen molar-refractivity contribution in [3.63, 3.8) is 0 Å². The van der Waals surface area contributed by atoms with Gasteiger partial charge in [-0.15, -0.1) is 0 Å². The van der Waals surface area contributed by atoms with Gasteiger partial charge in [0.25, 0.3) is 0 Å². The minimum absolute atomic E-state index is 0.172. The smallest absolute Gasteiger partial charge is 0.244 e. The summed E-state index contributed by atoms with van der Waals surface area (Å²) in [5.74, 6) is 0. The number of halogens is 1. The van der Waals surface area contributed by atoms with E-state index in [1.54, 1.807) is 18.2 Å². The van der Waals surface area contributed by atoms with Crippen molar-refractivity contribution < 1.29 is 13.2 Å². The second-order valence-corrected chi connectivity index (χ2v) is 8.46. The molecule has 0 unspecified atom stereocenters. The van der Waals surface area contributed by atoms with E-state index in [-0.39, 0.29) is 17.9 Å². The third kappa shape index (κ3) is 5.01. The normalized spacial score (nSPS) is 16.2. The Hall–Kier alpha value is -0.980. The molecule has 1 aromatic rings. The van der Waals surface area contributed by atoms with Gasteiger partial charge in [-0.3, -0.25) is 4.90 Å². The Balaban J connectivity index is 2.16. The lowest BCUT2D eigenvalue weighted by Gasteiger charge is -2.29. The van der Waals surface area contributed by atoms with Crippen molar-refractivity contribution in [2.45, 2.75) is 18.2 Å². The fourth-order valence-corrected chi connectivity index (χ4v) is 5.14. The highest BCUT2D eigenvalue weighted by Gasteiger charge is 2.27. The molecule has 1 aromatic carbocycles. The molecule has 24 heavy (non-hydrogen) atoms. The molecule has 6 nitrogen and oxygen atoms in total. The Morgan fingerprint density at radius 3 is 2.67 bits per heavy atom. The second kappa shape index (κ2) is 8.92. The van der Waals surface area contributed by atoms with Crippen LogP contribution in [0.15, 0.2) is 27.6 Å². The van der Waals surface area contributed by atoms with Gasteiger partial charge >= 0.3 is 0 Å². The minimum Gasteiger partial charge on any atom is -0.379 e. The molecule has 132 valence electrons. The van der Waals surface area contributed by atoms with Gasteiger partial charge in [0.1, 0.15) is 0 Å². The first-order valence-electron chi connectivity index (χ1n) is 7.88. The zero-order valence-electron chi connectivity index (χ0n) is 13.7. The van der Waals surface area contributed by atoms with Crippen molar-refractivity contribution in [1.82, 2.24) is 9.21 Å². The third-order valence-electron chi connectivity index (χ3n) is 3.95. The highest BCUT2D eigenvalue weighted by Crippen LogP contribution is 2.26. The van der Waals surface area contributed by atoms with Crippen LogP contribution in [0.25, 0.3) is 0 Å². The van der Waals surface area contributed by atoms with Gasteiger partial charge in [-0.05, 0) is 40.5 Å². The number of morpholine rings is 1. The van der Waals surface area contributed by atoms with Crippen LogP contribution in [0.3, 0.4) is 0 Å². The van der Waals surface area contributed by atoms with Crippen LogP contribution in [0.5, 0.6) is 0 Å². The van der Waals surface area contributed by atoms with Crippen LogP contribution < -0.4 is 0 Å². The van der Waals surface area contributed by atoms with Crippen molar-refractivity contribution >= 4 is 26.0 Å². The van der Waals surface area contributed by atoms with E-state index in [1.807, 2.05) is 13.0 Å². The van der Waals surface area contributed by atoms with Crippen molar-refractivity contribution in [2.24, 2.45) is 0 Å². The molecule has 1 saturated heterocycles. The largest absolute Gasteiger partial charge is 0.379 e. The van der Waals surface area contributed by atoms with Gasteiger partial charge in [0, 0.05) is 43.6 Å². The molecule has 0 atom stereocenters. The maximum Gasteiger partial charge on any atom is 0.244 e. The summed E-state index contributed by atoms with van der Waals surface area (Å²) in [5, 5.41) is 8.85. The highest BCUT2D eigenvalue weighted by atomic mass is 79.9. The van der Waals surface area contributed by atoms with E-state index in [1.165, 1.54) is 4.31 Å². The van der Waals surface area contributed by atoms with Crippen LogP contribution in [0.4, 0.5) is 0 Å². The number of aryl methyl sites for hydroxylation is 1. The van der Waals surface area contributed by atoms with Gasteiger partial charge < -0.3 is 4.74 Å². The van der Waals surface area contributed by atoms with Gasteiger partial charge in [-0.25, -0.2) is 8.42 Å². The van der Waals surface area contributed by atoms with E-state index in [0.29, 0.717) is 30.8 Å². The number of hydrogen-bond donors (Lipinski definition) is 0. The zero-order chi connectivity index (χ0) is 17.6. The fraction of sp³-hybridized carbons (Fsp3) is 0.562. The SMILES string of the molecule is Cc1ccc(S(=O)(=O)N(CCC#N)CCN2CCOCC2)c(Br)c1. The number of benzene rings is 1. The summed E-state index contributed by atoms with van der Waals surface area (Å²) in [6, 6.07) is 7.21. The molecule has 1 aliphatic heterocycles. The number of nitriles is 1. The Morgan fingerprint density at radius 2 is 2.04 bits per heavy atom. The summed E-state index contributed by atoms with van der Waals surface area (Å²) in [7, 11) is -3.64. The van der Waals surface area contributed by atoms with Gasteiger partial charge in [0.2, 0.25) is 10.0 Å². The van der Waals surface area contributed by atoms with Gasteiger partial charge in [-0.2, -0.15) is 9.57 Å². The van der Waals surface area contributed by atoms with Crippen LogP contribution >= 0.6 is 15.9 Å². The van der Waals surface area contributed by atoms with Crippen molar-refractivity contribution in [3.05, 3.63) is 28.2 Å². The van der Waals surface area contributed by atoms with E-state index in [0.717, 1.165) is 18.7 Å². The molecule has 1 aliphatic rings. The lowest BCUT2D eigenvalue weighted by atomic mass is 10.2. The summed E-state index contributed by atoms with van der Waals surface area (Å²) in [5.41, 5.74) is 0.984. The fourth-order valence-electron chi connectivity index (χ4n) is 2.56. The summed E-state index contributed by atoms with van der Waals surface area (Å²) in [4.78, 5) is 2.43. The molecule has 8 heteroatoms. The van der Waals surface area contributed by atoms with Crippen LogP contribution in [-0.4, -0.2) is 63.6 Å². The number of nitrogens with zero attached hydrogens (tertiary/aromatic N) is 3. The van der Waals surface area contributed by atoms with Crippen LogP contribution in [0.1, 0.15) is 12.0 Å². The lowest BCUT2D eigenvalue weighted by Crippen LogP contribution is -2.43. The van der Waals surface area contributed by atoms with Gasteiger partial charge in [0.15, 0.2) is 0 Å². The first-order valence-corrected chi connectivity index (χ1v) is 10.1. The Morgan fingerprint density at radius 1 is 1.33 bits per heavy atom. The standard InChI is InChI=1S/C16H22BrN3O3S/c1-14-3-4-16(15(17)13-14)24(21,22)20(6-2-5-18)8-7-19-9-11-23-12-10-19/h3-4,13H,2,6-12H2,1H3. The van der Waals surface area contributed by atoms with Crippen LogP contribution in [0.2, 0.25) is 0 Å². The van der Waals surface area contributed by atoms with Crippen molar-refractivity contribution in [2.75, 3.05) is 45.9 Å². The molecule has 1 heterocycles. The topological polar surface area (TPSA) is 73.6 Å². The average molecular weight is 416 g/mol. The summed E-state index contributed by atoms with van der Waals surface area (Å²) in [6.07, 6.45) is 0.172. The monoisotopic (exact) mass is 415 g/mol. The van der Waals surface area contributed by atoms with E-state index in [4.69, 9.17) is 10.00 Å². The number of ether oxygens (including phenoxy) is 1. The predicted octanol–water partition coefficient (Wildman–Crippen LogP) is 1.99. The first-order chi connectivity index (χ1) is 11.4. The molecule has 0 aliphatic carbocycles. The molecular weight excluding hydrogens is 394 g/mol. The molecule has 0 amide bonds. The van der Waals surface area contributed by atoms with E-state index < -0.39 is 10.0 Å². The van der Waals surface area contributed by atoms with Gasteiger partial charge in [-0.1, -0.05) is 6.07 Å². The average Bonchev–Trinajstić information content (AvgIpc) is 2.55. The first kappa shape index (κ1) is 19.3. The number of hydrogen-bond acceptors (Lipinski definition) is 5. The predicted molar refractivity (Wildman–Crippen MR) is 95.1 cm³/mol. The molecule has 0 spiro atoms. The summed E-state index contributed by atoms with van der Waals surface area (Å²) >= 11 is 3.35. The quantitative estimate of drug-likeness (QED) is 0.680. The van der Waals surface area contributed by atoms with Crippen LogP contribution in [0, 0.1) is 18.3 Å². The Labute approximate surface area is 152 Å². The molecular formula is C16H22BrN3O3S. The van der Waals surface area contributed by atoms with Gasteiger partial charge in [0.05, 0.1) is 24.2 Å². The molecule has 2 rings (SSSR count). The van der Waals surface area contributed by atoms with Crippen molar-refractivity contribution in [3.8, 4) is 6.07 Å². The lowest BCUT2D eigenvalue weighted by molar-refractivity contribution is 0.0363. The minimum atomic E-state index is -3.64. The van der Waals surface area contributed by atoms with E-state index in [2.05, 4.69) is 20.8 Å². The second-order valence-electron chi connectivity index (χ2n) is 5.70. The van der Waals surface area contributed by atoms with E-state index in [9.17, 15) is 8.42 Å². The van der Waals surface area contributed by atoms with Crippen molar-refractivity contribution in [1.29, 1.82) is 5.26 Å². The maximum atomic E-state index is 13.0. The molecule has 1 fully saturated rings. The number of rotatable bonds is 7. The third-order valence-corrected chi connectivity index (χ3v) is 6.82.